The van der Waals surface area contributed by atoms with Crippen molar-refractivity contribution in [3.8, 4) is 11.5 Å². The minimum absolute atomic E-state index is 0.0641. The molecule has 0 aliphatic heterocycles. The average Bonchev–Trinajstić information content (AvgIpc) is 2.40. The van der Waals surface area contributed by atoms with E-state index >= 15 is 0 Å². The summed E-state index contributed by atoms with van der Waals surface area (Å²) >= 11 is 0. The van der Waals surface area contributed by atoms with E-state index in [1.165, 1.54) is 0 Å². The van der Waals surface area contributed by atoms with E-state index in [1.54, 1.807) is 0 Å². The van der Waals surface area contributed by atoms with E-state index in [-0.39, 0.29) is 11.7 Å². The number of hydrogen-bond acceptors (Lipinski definition) is 3. The lowest BCUT2D eigenvalue weighted by Gasteiger charge is -2.13. The number of ketones is 1. The van der Waals surface area contributed by atoms with Crippen LogP contribution in [0.1, 0.15) is 33.6 Å². The van der Waals surface area contributed by atoms with Gasteiger partial charge < -0.3 is 9.47 Å². The number of benzene rings is 1. The van der Waals surface area contributed by atoms with Crippen LogP contribution in [0.2, 0.25) is 0 Å². The Balaban J connectivity index is 2.46. The number of rotatable bonds is 8. The van der Waals surface area contributed by atoms with Crippen molar-refractivity contribution < 1.29 is 14.3 Å². The molecule has 3 nitrogen and oxygen atoms in total. The van der Waals surface area contributed by atoms with Crippen molar-refractivity contribution >= 4 is 5.78 Å². The van der Waals surface area contributed by atoms with Gasteiger partial charge in [0.05, 0.1) is 13.2 Å². The normalized spacial score (nSPS) is 11.9. The van der Waals surface area contributed by atoms with E-state index in [4.69, 9.17) is 9.47 Å². The second-order valence-corrected chi connectivity index (χ2v) is 4.24. The van der Waals surface area contributed by atoms with Crippen LogP contribution in [-0.2, 0) is 4.79 Å². The molecule has 0 fully saturated rings. The molecule has 0 N–H and O–H groups in total. The monoisotopic (exact) mass is 250 g/mol. The highest BCUT2D eigenvalue weighted by Gasteiger charge is 2.11. The molecular formula is C15H22O3. The van der Waals surface area contributed by atoms with E-state index in [1.807, 2.05) is 45.0 Å². The molecule has 1 rings (SSSR count). The lowest BCUT2D eigenvalue weighted by Crippen LogP contribution is -2.13. The van der Waals surface area contributed by atoms with E-state index in [9.17, 15) is 4.79 Å². The summed E-state index contributed by atoms with van der Waals surface area (Å²) in [4.78, 5) is 11.4. The fourth-order valence-electron chi connectivity index (χ4n) is 1.70. The molecule has 0 aliphatic rings. The highest BCUT2D eigenvalue weighted by molar-refractivity contribution is 5.80. The Bertz CT molecular complexity index is 374. The first-order valence-corrected chi connectivity index (χ1v) is 6.56. The van der Waals surface area contributed by atoms with Gasteiger partial charge in [-0.15, -0.1) is 0 Å². The largest absolute Gasteiger partial charge is 0.490 e. The quantitative estimate of drug-likeness (QED) is 0.708. The maximum atomic E-state index is 11.4. The van der Waals surface area contributed by atoms with Crippen LogP contribution in [0.25, 0.3) is 0 Å². The van der Waals surface area contributed by atoms with Crippen molar-refractivity contribution in [3.63, 3.8) is 0 Å². The number of carbonyl (C=O) groups excluding carboxylic acids is 1. The van der Waals surface area contributed by atoms with Gasteiger partial charge in [0.1, 0.15) is 5.78 Å². The van der Waals surface area contributed by atoms with Gasteiger partial charge in [0.15, 0.2) is 11.5 Å². The molecule has 100 valence electrons. The Kier molecular flexibility index (Phi) is 6.26. The lowest BCUT2D eigenvalue weighted by molar-refractivity contribution is -0.122. The second kappa shape index (κ2) is 7.75. The molecule has 0 saturated heterocycles. The molecule has 1 aromatic rings. The summed E-state index contributed by atoms with van der Waals surface area (Å²) in [6, 6.07) is 7.61. The topological polar surface area (TPSA) is 35.5 Å². The molecule has 1 atom stereocenters. The highest BCUT2D eigenvalue weighted by atomic mass is 16.5. The van der Waals surface area contributed by atoms with Crippen molar-refractivity contribution in [2.75, 3.05) is 13.2 Å². The molecule has 0 spiro atoms. The zero-order chi connectivity index (χ0) is 13.4. The summed E-state index contributed by atoms with van der Waals surface area (Å²) in [7, 11) is 0. The number of hydrogen-bond donors (Lipinski definition) is 0. The third-order valence-corrected chi connectivity index (χ3v) is 2.86. The van der Waals surface area contributed by atoms with Crippen LogP contribution in [0.5, 0.6) is 11.5 Å². The number of para-hydroxylation sites is 2. The molecule has 1 unspecified atom stereocenters. The Labute approximate surface area is 109 Å². The van der Waals surface area contributed by atoms with Gasteiger partial charge in [-0.1, -0.05) is 26.0 Å². The van der Waals surface area contributed by atoms with Crippen LogP contribution in [0.4, 0.5) is 0 Å². The van der Waals surface area contributed by atoms with Crippen molar-refractivity contribution in [1.82, 2.24) is 0 Å². The third kappa shape index (κ3) is 4.40. The summed E-state index contributed by atoms with van der Waals surface area (Å²) in [5.74, 6) is 1.86. The van der Waals surface area contributed by atoms with Crippen molar-refractivity contribution in [2.24, 2.45) is 5.92 Å². The SMILES string of the molecule is CCOc1ccccc1OCCC(C)C(=O)CC. The van der Waals surface area contributed by atoms with Crippen molar-refractivity contribution in [1.29, 1.82) is 0 Å². The predicted octanol–water partition coefficient (Wildman–Crippen LogP) is 3.47. The minimum Gasteiger partial charge on any atom is -0.490 e. The van der Waals surface area contributed by atoms with E-state index in [0.717, 1.165) is 17.9 Å². The average molecular weight is 250 g/mol. The molecule has 0 radical (unpaired) electrons. The summed E-state index contributed by atoms with van der Waals surface area (Å²) in [6.07, 6.45) is 1.34. The van der Waals surface area contributed by atoms with Gasteiger partial charge in [0.25, 0.3) is 0 Å². The van der Waals surface area contributed by atoms with Crippen molar-refractivity contribution in [3.05, 3.63) is 24.3 Å². The third-order valence-electron chi connectivity index (χ3n) is 2.86. The van der Waals surface area contributed by atoms with Crippen molar-refractivity contribution in [2.45, 2.75) is 33.6 Å². The maximum Gasteiger partial charge on any atom is 0.161 e. The summed E-state index contributed by atoms with van der Waals surface area (Å²) < 4.78 is 11.1. The Hall–Kier alpha value is -1.51. The number of carbonyl (C=O) groups is 1. The summed E-state index contributed by atoms with van der Waals surface area (Å²) in [5.41, 5.74) is 0. The second-order valence-electron chi connectivity index (χ2n) is 4.24. The zero-order valence-electron chi connectivity index (χ0n) is 11.4. The first-order valence-electron chi connectivity index (χ1n) is 6.56. The molecule has 18 heavy (non-hydrogen) atoms. The van der Waals surface area contributed by atoms with E-state index in [0.29, 0.717) is 19.6 Å². The Morgan fingerprint density at radius 1 is 1.17 bits per heavy atom. The van der Waals surface area contributed by atoms with Gasteiger partial charge in [0, 0.05) is 12.3 Å². The standard InChI is InChI=1S/C15H22O3/c1-4-13(16)12(3)10-11-18-15-9-7-6-8-14(15)17-5-2/h6-9,12H,4-5,10-11H2,1-3H3. The zero-order valence-corrected chi connectivity index (χ0v) is 11.4. The molecule has 0 aliphatic carbocycles. The molecule has 0 bridgehead atoms. The maximum absolute atomic E-state index is 11.4. The molecule has 3 heteroatoms. The fraction of sp³-hybridized carbons (Fsp3) is 0.533. The molecule has 0 aromatic heterocycles. The van der Waals surface area contributed by atoms with Crippen LogP contribution in [0.3, 0.4) is 0 Å². The van der Waals surface area contributed by atoms with Gasteiger partial charge in [0.2, 0.25) is 0 Å². The number of Topliss-reactive ketones (excluding diaryl/α,β-unsaturated/α-hetero) is 1. The molecular weight excluding hydrogens is 228 g/mol. The van der Waals surface area contributed by atoms with E-state index in [2.05, 4.69) is 0 Å². The molecule has 0 amide bonds. The smallest absolute Gasteiger partial charge is 0.161 e. The van der Waals surface area contributed by atoms with Gasteiger partial charge in [-0.2, -0.15) is 0 Å². The predicted molar refractivity (Wildman–Crippen MR) is 72.2 cm³/mol. The van der Waals surface area contributed by atoms with Crippen LogP contribution in [-0.4, -0.2) is 19.0 Å². The molecule has 0 heterocycles. The molecule has 0 saturated carbocycles. The lowest BCUT2D eigenvalue weighted by atomic mass is 10.0. The van der Waals surface area contributed by atoms with Gasteiger partial charge in [-0.05, 0) is 25.5 Å². The van der Waals surface area contributed by atoms with Crippen LogP contribution < -0.4 is 9.47 Å². The van der Waals surface area contributed by atoms with Gasteiger partial charge in [-0.3, -0.25) is 4.79 Å². The highest BCUT2D eigenvalue weighted by Crippen LogP contribution is 2.26. The summed E-state index contributed by atoms with van der Waals surface area (Å²) in [5, 5.41) is 0. The summed E-state index contributed by atoms with van der Waals surface area (Å²) in [6.45, 7) is 6.94. The minimum atomic E-state index is 0.0641. The fourth-order valence-corrected chi connectivity index (χ4v) is 1.70. The van der Waals surface area contributed by atoms with Gasteiger partial charge >= 0.3 is 0 Å². The number of ether oxygens (including phenoxy) is 2. The van der Waals surface area contributed by atoms with E-state index < -0.39 is 0 Å². The van der Waals surface area contributed by atoms with Crippen LogP contribution >= 0.6 is 0 Å². The van der Waals surface area contributed by atoms with Crippen LogP contribution in [0, 0.1) is 5.92 Å². The Morgan fingerprint density at radius 3 is 2.33 bits per heavy atom. The first-order chi connectivity index (χ1) is 8.69. The van der Waals surface area contributed by atoms with Gasteiger partial charge in [-0.25, -0.2) is 0 Å². The Morgan fingerprint density at radius 2 is 1.78 bits per heavy atom. The molecule has 1 aromatic carbocycles. The van der Waals surface area contributed by atoms with Crippen LogP contribution in [0.15, 0.2) is 24.3 Å². The first kappa shape index (κ1) is 14.6.